The molecule has 10 nitrogen and oxygen atoms in total. The molecular weight excluding hydrogens is 334 g/mol. The van der Waals surface area contributed by atoms with Crippen molar-refractivity contribution in [1.29, 1.82) is 0 Å². The molecule has 0 heterocycles. The lowest BCUT2D eigenvalue weighted by Crippen LogP contribution is -2.77. The minimum absolute atomic E-state index is 0.0216. The molecule has 10 heteroatoms. The molecular formula is C15H23N3O7-4. The Bertz CT molecular complexity index is 456. The molecule has 0 aliphatic heterocycles. The smallest absolute Gasteiger partial charge is 0.143 e. The highest BCUT2D eigenvalue weighted by Crippen LogP contribution is 2.24. The summed E-state index contributed by atoms with van der Waals surface area (Å²) in [5.74, 6) is -3.41. The van der Waals surface area contributed by atoms with Gasteiger partial charge >= 0.3 is 0 Å². The summed E-state index contributed by atoms with van der Waals surface area (Å²) in [5, 5.41) is 54.4. The lowest BCUT2D eigenvalue weighted by molar-refractivity contribution is -0.495. The molecule has 144 valence electrons. The average Bonchev–Trinajstić information content (AvgIpc) is 2.49. The van der Waals surface area contributed by atoms with Gasteiger partial charge in [-0.05, 0) is 31.3 Å². The van der Waals surface area contributed by atoms with E-state index in [2.05, 4.69) is 16.0 Å². The van der Waals surface area contributed by atoms with Gasteiger partial charge < -0.3 is 46.0 Å². The third-order valence-corrected chi connectivity index (χ3v) is 4.33. The number of ketones is 1. The summed E-state index contributed by atoms with van der Waals surface area (Å²) in [6.45, 7) is 2.27. The first-order valence-electron chi connectivity index (χ1n) is 8.06. The van der Waals surface area contributed by atoms with Crippen molar-refractivity contribution >= 4 is 17.7 Å². The standard InChI is InChI=1S/C15H25N3O7/c1-7(19)5-17-12-8(2)11(16-4-3-9(20)21)14(24)13(15(12)25)18-6-10(22)23/h8,11-18H,3-6H2,1-2H3,(H,20,21)(H,22,23)/q-2/p-2/t8-,11+,12-,13+,14+,15-/m1/s1. The second-order valence-electron chi connectivity index (χ2n) is 6.28. The molecule has 0 saturated heterocycles. The molecule has 1 saturated carbocycles. The number of carboxylic acid groups (broad SMARTS) is 2. The van der Waals surface area contributed by atoms with Crippen LogP contribution >= 0.6 is 0 Å². The molecule has 3 N–H and O–H groups in total. The molecule has 0 aromatic carbocycles. The van der Waals surface area contributed by atoms with E-state index in [1.54, 1.807) is 6.92 Å². The van der Waals surface area contributed by atoms with Crippen LogP contribution in [0, 0.1) is 5.92 Å². The van der Waals surface area contributed by atoms with Crippen molar-refractivity contribution < 1.29 is 34.8 Å². The van der Waals surface area contributed by atoms with Crippen LogP contribution in [0.5, 0.6) is 0 Å². The van der Waals surface area contributed by atoms with Gasteiger partial charge in [0.15, 0.2) is 0 Å². The van der Waals surface area contributed by atoms with Gasteiger partial charge in [0, 0.05) is 25.1 Å². The Morgan fingerprint density at radius 1 is 0.840 bits per heavy atom. The van der Waals surface area contributed by atoms with E-state index in [0.717, 1.165) is 0 Å². The molecule has 0 radical (unpaired) electrons. The Morgan fingerprint density at radius 2 is 1.36 bits per heavy atom. The summed E-state index contributed by atoms with van der Waals surface area (Å²) in [6.07, 6.45) is -3.27. The van der Waals surface area contributed by atoms with Gasteiger partial charge in [0.1, 0.15) is 5.78 Å². The fraction of sp³-hybridized carbons (Fsp3) is 0.800. The first kappa shape index (κ1) is 21.5. The lowest BCUT2D eigenvalue weighted by atomic mass is 9.74. The van der Waals surface area contributed by atoms with E-state index in [1.165, 1.54) is 6.92 Å². The van der Waals surface area contributed by atoms with Crippen molar-refractivity contribution in [3.05, 3.63) is 0 Å². The SMILES string of the molecule is CC(=O)CN[C@@H]1[C@H](C)[C@H](NCCC(=O)[O-])[C@H]([O-])[C@H](NCC(=O)[O-])[C@@H]1[O-]. The summed E-state index contributed by atoms with van der Waals surface area (Å²) in [6, 6.07) is -2.78. The van der Waals surface area contributed by atoms with Gasteiger partial charge in [-0.2, -0.15) is 0 Å². The second kappa shape index (κ2) is 9.78. The lowest BCUT2D eigenvalue weighted by Gasteiger charge is -2.58. The zero-order chi connectivity index (χ0) is 19.1. The number of nitrogens with one attached hydrogen (secondary N) is 3. The quantitative estimate of drug-likeness (QED) is 0.340. The topological polar surface area (TPSA) is 180 Å². The molecule has 6 atom stereocenters. The maximum atomic E-state index is 12.6. The maximum absolute atomic E-state index is 12.6. The molecule has 1 rings (SSSR count). The fourth-order valence-electron chi connectivity index (χ4n) is 3.10. The predicted octanol–water partition coefficient (Wildman–Crippen LogP) is -6.55. The van der Waals surface area contributed by atoms with Crippen LogP contribution in [0.3, 0.4) is 0 Å². The van der Waals surface area contributed by atoms with E-state index in [9.17, 15) is 34.8 Å². The van der Waals surface area contributed by atoms with Gasteiger partial charge in [-0.15, -0.1) is 0 Å². The third kappa shape index (κ3) is 6.33. The highest BCUT2D eigenvalue weighted by atomic mass is 16.4. The van der Waals surface area contributed by atoms with Gasteiger partial charge in [-0.3, -0.25) is 4.79 Å². The summed E-state index contributed by atoms with van der Waals surface area (Å²) in [4.78, 5) is 32.3. The molecule has 0 spiro atoms. The molecule has 0 aromatic heterocycles. The van der Waals surface area contributed by atoms with Crippen LogP contribution in [-0.2, 0) is 14.4 Å². The van der Waals surface area contributed by atoms with Crippen LogP contribution in [0.15, 0.2) is 0 Å². The summed E-state index contributed by atoms with van der Waals surface area (Å²) < 4.78 is 0. The zero-order valence-corrected chi connectivity index (χ0v) is 14.2. The number of carboxylic acids is 2. The van der Waals surface area contributed by atoms with Crippen LogP contribution in [0.25, 0.3) is 0 Å². The van der Waals surface area contributed by atoms with Crippen LogP contribution < -0.4 is 36.4 Å². The van der Waals surface area contributed by atoms with Crippen LogP contribution in [0.1, 0.15) is 20.3 Å². The van der Waals surface area contributed by atoms with Gasteiger partial charge in [-0.1, -0.05) is 19.1 Å². The number of carbonyl (C=O) groups is 3. The fourth-order valence-corrected chi connectivity index (χ4v) is 3.10. The second-order valence-corrected chi connectivity index (χ2v) is 6.28. The molecule has 0 amide bonds. The van der Waals surface area contributed by atoms with Gasteiger partial charge in [0.25, 0.3) is 0 Å². The first-order chi connectivity index (χ1) is 11.6. The zero-order valence-electron chi connectivity index (χ0n) is 14.2. The average molecular weight is 357 g/mol. The van der Waals surface area contributed by atoms with E-state index in [4.69, 9.17) is 0 Å². The summed E-state index contributed by atoms with van der Waals surface area (Å²) in [5.41, 5.74) is 0. The molecule has 0 aromatic rings. The van der Waals surface area contributed by atoms with Crippen LogP contribution in [-0.4, -0.2) is 67.7 Å². The Kier molecular flexibility index (Phi) is 8.39. The minimum atomic E-state index is -1.49. The molecule has 0 bridgehead atoms. The summed E-state index contributed by atoms with van der Waals surface area (Å²) in [7, 11) is 0. The van der Waals surface area contributed by atoms with E-state index in [1.807, 2.05) is 0 Å². The van der Waals surface area contributed by atoms with E-state index in [0.29, 0.717) is 0 Å². The van der Waals surface area contributed by atoms with Gasteiger partial charge in [0.05, 0.1) is 12.5 Å². The molecule has 1 aliphatic carbocycles. The maximum Gasteiger partial charge on any atom is 0.143 e. The van der Waals surface area contributed by atoms with E-state index in [-0.39, 0.29) is 25.3 Å². The number of Topliss-reactive ketones (excluding diaryl/α,β-unsaturated/α-hetero) is 1. The van der Waals surface area contributed by atoms with E-state index >= 15 is 0 Å². The van der Waals surface area contributed by atoms with Crippen molar-refractivity contribution in [2.24, 2.45) is 5.92 Å². The van der Waals surface area contributed by atoms with Crippen LogP contribution in [0.2, 0.25) is 0 Å². The normalized spacial score (nSPS) is 32.3. The van der Waals surface area contributed by atoms with Gasteiger partial charge in [-0.25, -0.2) is 0 Å². The third-order valence-electron chi connectivity index (χ3n) is 4.33. The number of carbonyl (C=O) groups excluding carboxylic acids is 3. The number of rotatable bonds is 10. The minimum Gasteiger partial charge on any atom is -0.850 e. The Morgan fingerprint density at radius 3 is 1.84 bits per heavy atom. The van der Waals surface area contributed by atoms with Crippen LogP contribution in [0.4, 0.5) is 0 Å². The van der Waals surface area contributed by atoms with Crippen molar-refractivity contribution in [2.45, 2.75) is 50.6 Å². The van der Waals surface area contributed by atoms with Crippen molar-refractivity contribution in [3.63, 3.8) is 0 Å². The molecule has 1 fully saturated rings. The monoisotopic (exact) mass is 357 g/mol. The Hall–Kier alpha value is -1.59. The highest BCUT2D eigenvalue weighted by molar-refractivity contribution is 5.77. The van der Waals surface area contributed by atoms with E-state index < -0.39 is 54.7 Å². The van der Waals surface area contributed by atoms with Crippen molar-refractivity contribution in [3.8, 4) is 0 Å². The number of aliphatic carboxylic acids is 2. The van der Waals surface area contributed by atoms with Crippen molar-refractivity contribution in [1.82, 2.24) is 16.0 Å². The van der Waals surface area contributed by atoms with Gasteiger partial charge in [0.2, 0.25) is 0 Å². The molecule has 25 heavy (non-hydrogen) atoms. The largest absolute Gasteiger partial charge is 0.850 e. The number of hydrogen-bond acceptors (Lipinski definition) is 10. The molecule has 1 aliphatic rings. The first-order valence-corrected chi connectivity index (χ1v) is 8.06. The predicted molar refractivity (Wildman–Crippen MR) is 77.4 cm³/mol. The Labute approximate surface area is 145 Å². The highest BCUT2D eigenvalue weighted by Gasteiger charge is 2.39. The Balaban J connectivity index is 2.90. The van der Waals surface area contributed by atoms with Crippen molar-refractivity contribution in [2.75, 3.05) is 19.6 Å². The molecule has 0 unspecified atom stereocenters. The number of hydrogen-bond donors (Lipinski definition) is 3. The summed E-state index contributed by atoms with van der Waals surface area (Å²) >= 11 is 0.